The van der Waals surface area contributed by atoms with E-state index in [1.54, 1.807) is 0 Å². The summed E-state index contributed by atoms with van der Waals surface area (Å²) in [5, 5.41) is 0. The fraction of sp³-hybridized carbons (Fsp3) is 0.667. The fourth-order valence-corrected chi connectivity index (χ4v) is 1.21. The number of fused-ring (bicyclic) bond motifs is 1. The van der Waals surface area contributed by atoms with E-state index in [1.807, 2.05) is 27.0 Å². The molecule has 0 amide bonds. The zero-order chi connectivity index (χ0) is 8.97. The van der Waals surface area contributed by atoms with Gasteiger partial charge in [0.1, 0.15) is 0 Å². The van der Waals surface area contributed by atoms with Gasteiger partial charge in [-0.1, -0.05) is 13.8 Å². The Hall–Kier alpha value is -0.990. The molecule has 1 aliphatic rings. The van der Waals surface area contributed by atoms with Crippen LogP contribution in [0.1, 0.15) is 26.0 Å². The highest BCUT2D eigenvalue weighted by Crippen LogP contribution is 2.16. The smallest absolute Gasteiger partial charge is 0.296 e. The van der Waals surface area contributed by atoms with Crippen LogP contribution >= 0.6 is 0 Å². The Kier molecular flexibility index (Phi) is 3.14. The van der Waals surface area contributed by atoms with Crippen LogP contribution < -0.4 is 4.74 Å². The Bertz CT molecular complexity index is 243. The molecule has 2 heterocycles. The Morgan fingerprint density at radius 2 is 2.25 bits per heavy atom. The van der Waals surface area contributed by atoms with Crippen LogP contribution in [0.5, 0.6) is 6.01 Å². The molecule has 0 aliphatic carbocycles. The van der Waals surface area contributed by atoms with Crippen LogP contribution in [0.2, 0.25) is 0 Å². The summed E-state index contributed by atoms with van der Waals surface area (Å²) in [4.78, 5) is 4.10. The van der Waals surface area contributed by atoms with E-state index in [-0.39, 0.29) is 0 Å². The van der Waals surface area contributed by atoms with E-state index < -0.39 is 0 Å². The van der Waals surface area contributed by atoms with Crippen molar-refractivity contribution < 1.29 is 4.74 Å². The topological polar surface area (TPSA) is 27.1 Å². The molecule has 3 heteroatoms. The fourth-order valence-electron chi connectivity index (χ4n) is 1.21. The van der Waals surface area contributed by atoms with Gasteiger partial charge in [-0.25, -0.2) is 4.98 Å². The number of rotatable bonds is 0. The minimum absolute atomic E-state index is 0.781. The molecule has 1 aromatic heterocycles. The monoisotopic (exact) mass is 168 g/mol. The van der Waals surface area contributed by atoms with E-state index in [4.69, 9.17) is 4.74 Å². The SMILES string of the molecule is CC.Cc1cnc2n1CCCO2. The van der Waals surface area contributed by atoms with E-state index >= 15 is 0 Å². The van der Waals surface area contributed by atoms with Gasteiger partial charge in [0.25, 0.3) is 6.01 Å². The highest BCUT2D eigenvalue weighted by atomic mass is 16.5. The minimum Gasteiger partial charge on any atom is -0.465 e. The number of aromatic nitrogens is 2. The van der Waals surface area contributed by atoms with Gasteiger partial charge >= 0.3 is 0 Å². The molecule has 0 radical (unpaired) electrons. The van der Waals surface area contributed by atoms with E-state index in [1.165, 1.54) is 5.69 Å². The van der Waals surface area contributed by atoms with Crippen molar-refractivity contribution >= 4 is 0 Å². The maximum atomic E-state index is 5.30. The van der Waals surface area contributed by atoms with Crippen molar-refractivity contribution in [2.24, 2.45) is 0 Å². The molecule has 3 nitrogen and oxygen atoms in total. The summed E-state index contributed by atoms with van der Waals surface area (Å²) in [7, 11) is 0. The van der Waals surface area contributed by atoms with Gasteiger partial charge in [0, 0.05) is 12.2 Å². The molecular formula is C9H16N2O. The quantitative estimate of drug-likeness (QED) is 0.592. The lowest BCUT2D eigenvalue weighted by molar-refractivity contribution is 0.229. The number of hydrogen-bond donors (Lipinski definition) is 0. The van der Waals surface area contributed by atoms with Crippen molar-refractivity contribution in [3.05, 3.63) is 11.9 Å². The first-order valence-electron chi connectivity index (χ1n) is 4.53. The Labute approximate surface area is 73.4 Å². The van der Waals surface area contributed by atoms with Gasteiger partial charge in [0.15, 0.2) is 0 Å². The summed E-state index contributed by atoms with van der Waals surface area (Å²) in [5.41, 5.74) is 1.19. The van der Waals surface area contributed by atoms with E-state index in [0.29, 0.717) is 0 Å². The van der Waals surface area contributed by atoms with Gasteiger partial charge in [-0.3, -0.25) is 4.57 Å². The maximum Gasteiger partial charge on any atom is 0.296 e. The van der Waals surface area contributed by atoms with Gasteiger partial charge in [-0.15, -0.1) is 0 Å². The van der Waals surface area contributed by atoms with Gasteiger partial charge in [-0.05, 0) is 13.3 Å². The standard InChI is InChI=1S/C7H10N2O.C2H6/c1-6-5-8-7-9(6)3-2-4-10-7;1-2/h5H,2-4H2,1H3;1-2H3. The molecule has 0 bridgehead atoms. The second-order valence-corrected chi connectivity index (χ2v) is 2.54. The zero-order valence-corrected chi connectivity index (χ0v) is 8.00. The largest absolute Gasteiger partial charge is 0.465 e. The summed E-state index contributed by atoms with van der Waals surface area (Å²) < 4.78 is 7.40. The number of ether oxygens (including phenoxy) is 1. The number of hydrogen-bond acceptors (Lipinski definition) is 2. The second-order valence-electron chi connectivity index (χ2n) is 2.54. The Morgan fingerprint density at radius 3 is 2.92 bits per heavy atom. The summed E-state index contributed by atoms with van der Waals surface area (Å²) >= 11 is 0. The molecule has 2 rings (SSSR count). The van der Waals surface area contributed by atoms with Crippen molar-refractivity contribution in [1.82, 2.24) is 9.55 Å². The summed E-state index contributed by atoms with van der Waals surface area (Å²) in [6, 6.07) is 0.781. The first-order valence-corrected chi connectivity index (χ1v) is 4.53. The van der Waals surface area contributed by atoms with E-state index in [0.717, 1.165) is 25.6 Å². The first kappa shape index (κ1) is 9.10. The summed E-state index contributed by atoms with van der Waals surface area (Å²) in [6.45, 7) is 7.92. The molecule has 0 spiro atoms. The van der Waals surface area contributed by atoms with Crippen molar-refractivity contribution in [1.29, 1.82) is 0 Å². The molecule has 0 aromatic carbocycles. The maximum absolute atomic E-state index is 5.30. The van der Waals surface area contributed by atoms with E-state index in [2.05, 4.69) is 9.55 Å². The van der Waals surface area contributed by atoms with Gasteiger partial charge in [0.05, 0.1) is 12.8 Å². The molecule has 12 heavy (non-hydrogen) atoms. The second kappa shape index (κ2) is 4.14. The van der Waals surface area contributed by atoms with E-state index in [9.17, 15) is 0 Å². The lowest BCUT2D eigenvalue weighted by atomic mass is 10.4. The molecule has 68 valence electrons. The molecule has 1 aromatic rings. The van der Waals surface area contributed by atoms with Crippen LogP contribution in [0.25, 0.3) is 0 Å². The third-order valence-corrected chi connectivity index (χ3v) is 1.78. The normalized spacial score (nSPS) is 13.9. The molecule has 0 N–H and O–H groups in total. The average Bonchev–Trinajstić information content (AvgIpc) is 2.53. The minimum atomic E-state index is 0.781. The molecular weight excluding hydrogens is 152 g/mol. The highest BCUT2D eigenvalue weighted by molar-refractivity contribution is 5.08. The van der Waals surface area contributed by atoms with Crippen LogP contribution in [0.4, 0.5) is 0 Å². The third kappa shape index (κ3) is 1.60. The summed E-state index contributed by atoms with van der Waals surface area (Å²) in [6.07, 6.45) is 2.95. The zero-order valence-electron chi connectivity index (χ0n) is 8.00. The van der Waals surface area contributed by atoms with Crippen molar-refractivity contribution in [2.45, 2.75) is 33.7 Å². The molecule has 0 atom stereocenters. The number of imidazole rings is 1. The number of nitrogens with zero attached hydrogens (tertiary/aromatic N) is 2. The summed E-state index contributed by atoms with van der Waals surface area (Å²) in [5.74, 6) is 0. The molecule has 0 unspecified atom stereocenters. The van der Waals surface area contributed by atoms with Crippen molar-refractivity contribution in [2.75, 3.05) is 6.61 Å². The Balaban J connectivity index is 0.000000336. The van der Waals surface area contributed by atoms with Crippen molar-refractivity contribution in [3.8, 4) is 6.01 Å². The predicted molar refractivity (Wildman–Crippen MR) is 48.4 cm³/mol. The van der Waals surface area contributed by atoms with Crippen LogP contribution in [0, 0.1) is 6.92 Å². The van der Waals surface area contributed by atoms with Crippen LogP contribution in [-0.2, 0) is 6.54 Å². The van der Waals surface area contributed by atoms with Crippen LogP contribution in [0.15, 0.2) is 6.20 Å². The number of aryl methyl sites for hydroxylation is 1. The van der Waals surface area contributed by atoms with Gasteiger partial charge in [0.2, 0.25) is 0 Å². The molecule has 0 saturated carbocycles. The van der Waals surface area contributed by atoms with Crippen molar-refractivity contribution in [3.63, 3.8) is 0 Å². The predicted octanol–water partition coefficient (Wildman–Crippen LogP) is 2.00. The van der Waals surface area contributed by atoms with Gasteiger partial charge < -0.3 is 4.74 Å². The third-order valence-electron chi connectivity index (χ3n) is 1.78. The van der Waals surface area contributed by atoms with Crippen LogP contribution in [0.3, 0.4) is 0 Å². The highest BCUT2D eigenvalue weighted by Gasteiger charge is 2.11. The lowest BCUT2D eigenvalue weighted by Crippen LogP contribution is -2.14. The van der Waals surface area contributed by atoms with Gasteiger partial charge in [-0.2, -0.15) is 0 Å². The molecule has 1 aliphatic heterocycles. The lowest BCUT2D eigenvalue weighted by Gasteiger charge is -2.15. The first-order chi connectivity index (χ1) is 5.88. The molecule has 0 fully saturated rings. The van der Waals surface area contributed by atoms with Crippen LogP contribution in [-0.4, -0.2) is 16.2 Å². The molecule has 0 saturated heterocycles. The Morgan fingerprint density at radius 1 is 1.50 bits per heavy atom. The average molecular weight is 168 g/mol.